The van der Waals surface area contributed by atoms with Crippen LogP contribution < -0.4 is 10.1 Å². The minimum atomic E-state index is -0.242. The highest BCUT2D eigenvalue weighted by Crippen LogP contribution is 2.26. The molecule has 3 rings (SSSR count). The van der Waals surface area contributed by atoms with Crippen LogP contribution in [0.25, 0.3) is 17.3 Å². The molecule has 0 fully saturated rings. The molecule has 0 spiro atoms. The monoisotopic (exact) mass is 384 g/mol. The Morgan fingerprint density at radius 1 is 1.23 bits per heavy atom. The van der Waals surface area contributed by atoms with Crippen LogP contribution in [0.2, 0.25) is 5.02 Å². The Kier molecular flexibility index (Phi) is 6.04. The first kappa shape index (κ1) is 18.2. The van der Waals surface area contributed by atoms with Crippen molar-refractivity contribution in [2.24, 2.45) is 0 Å². The molecule has 1 heterocycles. The standard InChI is InChI=1S/C20H17ClN2O2S/c1-2-25-18-6-4-3-5-15(18)9-12-19(24)23-20-22-17(13-26-20)14-7-10-16(21)11-8-14/h3-13H,2H2,1H3,(H,22,23,24)/b12-9+. The highest BCUT2D eigenvalue weighted by atomic mass is 35.5. The van der Waals surface area contributed by atoms with Crippen LogP contribution in [0, 0.1) is 0 Å². The number of carbonyl (C=O) groups is 1. The quantitative estimate of drug-likeness (QED) is 0.570. The number of para-hydroxylation sites is 1. The molecule has 1 aromatic heterocycles. The number of hydrogen-bond donors (Lipinski definition) is 1. The van der Waals surface area contributed by atoms with Gasteiger partial charge in [0.2, 0.25) is 5.91 Å². The second-order valence-electron chi connectivity index (χ2n) is 5.34. The van der Waals surface area contributed by atoms with Crippen molar-refractivity contribution in [2.75, 3.05) is 11.9 Å². The van der Waals surface area contributed by atoms with Crippen molar-refractivity contribution in [2.45, 2.75) is 6.92 Å². The Bertz CT molecular complexity index is 920. The molecule has 0 saturated carbocycles. The van der Waals surface area contributed by atoms with Crippen LogP contribution in [-0.4, -0.2) is 17.5 Å². The average molecular weight is 385 g/mol. The molecule has 132 valence electrons. The first-order valence-corrected chi connectivity index (χ1v) is 9.34. The molecule has 26 heavy (non-hydrogen) atoms. The van der Waals surface area contributed by atoms with E-state index in [0.717, 1.165) is 22.6 Å². The molecular weight excluding hydrogens is 368 g/mol. The van der Waals surface area contributed by atoms with E-state index in [4.69, 9.17) is 16.3 Å². The summed E-state index contributed by atoms with van der Waals surface area (Å²) in [5.41, 5.74) is 2.60. The number of benzene rings is 2. The van der Waals surface area contributed by atoms with Crippen molar-refractivity contribution in [3.63, 3.8) is 0 Å². The number of nitrogens with one attached hydrogen (secondary N) is 1. The summed E-state index contributed by atoms with van der Waals surface area (Å²) in [6.45, 7) is 2.50. The summed E-state index contributed by atoms with van der Waals surface area (Å²) >= 11 is 7.27. The lowest BCUT2D eigenvalue weighted by Crippen LogP contribution is -2.07. The zero-order valence-corrected chi connectivity index (χ0v) is 15.7. The lowest BCUT2D eigenvalue weighted by Gasteiger charge is -2.06. The third kappa shape index (κ3) is 4.71. The maximum absolute atomic E-state index is 12.2. The highest BCUT2D eigenvalue weighted by Gasteiger charge is 2.07. The van der Waals surface area contributed by atoms with Crippen LogP contribution in [0.1, 0.15) is 12.5 Å². The number of hydrogen-bond acceptors (Lipinski definition) is 4. The summed E-state index contributed by atoms with van der Waals surface area (Å²) in [4.78, 5) is 16.6. The first-order valence-electron chi connectivity index (χ1n) is 8.08. The Morgan fingerprint density at radius 2 is 2.00 bits per heavy atom. The van der Waals surface area contributed by atoms with Crippen molar-refractivity contribution in [1.82, 2.24) is 4.98 Å². The third-order valence-electron chi connectivity index (χ3n) is 3.51. The number of anilines is 1. The average Bonchev–Trinajstić information content (AvgIpc) is 3.10. The minimum absolute atomic E-state index is 0.242. The van der Waals surface area contributed by atoms with Gasteiger partial charge in [0.25, 0.3) is 0 Å². The molecule has 0 radical (unpaired) electrons. The molecule has 6 heteroatoms. The van der Waals surface area contributed by atoms with Crippen LogP contribution in [0.4, 0.5) is 5.13 Å². The Morgan fingerprint density at radius 3 is 2.77 bits per heavy atom. The summed E-state index contributed by atoms with van der Waals surface area (Å²) in [6, 6.07) is 15.0. The molecule has 4 nitrogen and oxygen atoms in total. The van der Waals surface area contributed by atoms with Gasteiger partial charge in [-0.1, -0.05) is 41.9 Å². The van der Waals surface area contributed by atoms with E-state index in [0.29, 0.717) is 16.8 Å². The van der Waals surface area contributed by atoms with Gasteiger partial charge in [0.05, 0.1) is 12.3 Å². The summed E-state index contributed by atoms with van der Waals surface area (Å²) in [7, 11) is 0. The number of ether oxygens (including phenoxy) is 1. The van der Waals surface area contributed by atoms with Crippen LogP contribution in [0.15, 0.2) is 60.0 Å². The van der Waals surface area contributed by atoms with Crippen LogP contribution in [0.5, 0.6) is 5.75 Å². The zero-order valence-electron chi connectivity index (χ0n) is 14.1. The fourth-order valence-corrected chi connectivity index (χ4v) is 3.15. The third-order valence-corrected chi connectivity index (χ3v) is 4.52. The summed E-state index contributed by atoms with van der Waals surface area (Å²) in [5, 5.41) is 5.90. The number of amides is 1. The van der Waals surface area contributed by atoms with Gasteiger partial charge in [-0.3, -0.25) is 10.1 Å². The molecule has 2 aromatic carbocycles. The topological polar surface area (TPSA) is 51.2 Å². The van der Waals surface area contributed by atoms with E-state index in [1.54, 1.807) is 6.08 Å². The predicted molar refractivity (Wildman–Crippen MR) is 108 cm³/mol. The fourth-order valence-electron chi connectivity index (χ4n) is 2.30. The molecule has 0 atom stereocenters. The van der Waals surface area contributed by atoms with E-state index < -0.39 is 0 Å². The van der Waals surface area contributed by atoms with Gasteiger partial charge >= 0.3 is 0 Å². The van der Waals surface area contributed by atoms with E-state index in [-0.39, 0.29) is 5.91 Å². The number of rotatable bonds is 6. The van der Waals surface area contributed by atoms with Gasteiger partial charge < -0.3 is 4.74 Å². The summed E-state index contributed by atoms with van der Waals surface area (Å²) in [5.74, 6) is 0.506. The molecule has 0 aliphatic carbocycles. The normalized spacial score (nSPS) is 10.8. The Labute approximate surface area is 161 Å². The van der Waals surface area contributed by atoms with Crippen LogP contribution in [0.3, 0.4) is 0 Å². The van der Waals surface area contributed by atoms with Crippen LogP contribution >= 0.6 is 22.9 Å². The zero-order chi connectivity index (χ0) is 18.4. The van der Waals surface area contributed by atoms with Crippen molar-refractivity contribution in [3.05, 3.63) is 70.6 Å². The lowest BCUT2D eigenvalue weighted by molar-refractivity contribution is -0.111. The molecule has 0 aliphatic heterocycles. The van der Waals surface area contributed by atoms with Crippen molar-refractivity contribution >= 4 is 40.1 Å². The molecular formula is C20H17ClN2O2S. The molecule has 0 unspecified atom stereocenters. The van der Waals surface area contributed by atoms with Crippen LogP contribution in [-0.2, 0) is 4.79 Å². The number of nitrogens with zero attached hydrogens (tertiary/aromatic N) is 1. The van der Waals surface area contributed by atoms with Gasteiger partial charge in [-0.15, -0.1) is 11.3 Å². The van der Waals surface area contributed by atoms with Gasteiger partial charge in [-0.2, -0.15) is 0 Å². The largest absolute Gasteiger partial charge is 0.493 e. The van der Waals surface area contributed by atoms with Crippen molar-refractivity contribution in [1.29, 1.82) is 0 Å². The van der Waals surface area contributed by atoms with Gasteiger partial charge in [-0.25, -0.2) is 4.98 Å². The number of thiazole rings is 1. The van der Waals surface area contributed by atoms with Crippen molar-refractivity contribution < 1.29 is 9.53 Å². The van der Waals surface area contributed by atoms with Gasteiger partial charge in [0.15, 0.2) is 5.13 Å². The first-order chi connectivity index (χ1) is 12.7. The Hall–Kier alpha value is -2.63. The highest BCUT2D eigenvalue weighted by molar-refractivity contribution is 7.14. The second kappa shape index (κ2) is 8.65. The molecule has 0 bridgehead atoms. The maximum Gasteiger partial charge on any atom is 0.250 e. The molecule has 1 N–H and O–H groups in total. The predicted octanol–water partition coefficient (Wildman–Crippen LogP) is 5.51. The van der Waals surface area contributed by atoms with Gasteiger partial charge in [-0.05, 0) is 31.2 Å². The SMILES string of the molecule is CCOc1ccccc1/C=C/C(=O)Nc1nc(-c2ccc(Cl)cc2)cs1. The molecule has 3 aromatic rings. The van der Waals surface area contributed by atoms with E-state index in [2.05, 4.69) is 10.3 Å². The summed E-state index contributed by atoms with van der Waals surface area (Å²) < 4.78 is 5.55. The lowest BCUT2D eigenvalue weighted by atomic mass is 10.2. The fraction of sp³-hybridized carbons (Fsp3) is 0.100. The smallest absolute Gasteiger partial charge is 0.250 e. The summed E-state index contributed by atoms with van der Waals surface area (Å²) in [6.07, 6.45) is 3.20. The second-order valence-corrected chi connectivity index (χ2v) is 6.63. The molecule has 1 amide bonds. The number of aromatic nitrogens is 1. The van der Waals surface area contributed by atoms with E-state index in [1.807, 2.05) is 60.8 Å². The Balaban J connectivity index is 1.66. The maximum atomic E-state index is 12.2. The molecule has 0 aliphatic rings. The van der Waals surface area contributed by atoms with Crippen molar-refractivity contribution in [3.8, 4) is 17.0 Å². The molecule has 0 saturated heterocycles. The number of halogens is 1. The minimum Gasteiger partial charge on any atom is -0.493 e. The van der Waals surface area contributed by atoms with Gasteiger partial charge in [0.1, 0.15) is 5.75 Å². The van der Waals surface area contributed by atoms with E-state index in [1.165, 1.54) is 17.4 Å². The number of carbonyl (C=O) groups excluding carboxylic acids is 1. The van der Waals surface area contributed by atoms with Gasteiger partial charge in [0, 0.05) is 27.6 Å². The van der Waals surface area contributed by atoms with E-state index >= 15 is 0 Å². The van der Waals surface area contributed by atoms with E-state index in [9.17, 15) is 4.79 Å².